The monoisotopic (exact) mass is 311 g/mol. The van der Waals surface area contributed by atoms with Crippen LogP contribution in [0.2, 0.25) is 0 Å². The molecule has 0 fully saturated rings. The maximum Gasteiger partial charge on any atom is 0.262 e. The lowest BCUT2D eigenvalue weighted by Crippen LogP contribution is -2.24. The fourth-order valence-corrected chi connectivity index (χ4v) is 2.96. The highest BCUT2D eigenvalue weighted by atomic mass is 16.1. The third-order valence-corrected chi connectivity index (χ3v) is 3.84. The van der Waals surface area contributed by atoms with Gasteiger partial charge in [-0.1, -0.05) is 24.3 Å². The zero-order valence-electron chi connectivity index (χ0n) is 13.8. The minimum absolute atomic E-state index is 0.0233. The lowest BCUT2D eigenvalue weighted by Gasteiger charge is -2.16. The lowest BCUT2D eigenvalue weighted by atomic mass is 10.2. The molecular weight excluding hydrogens is 290 g/mol. The highest BCUT2D eigenvalue weighted by molar-refractivity contribution is 5.80. The summed E-state index contributed by atoms with van der Waals surface area (Å²) in [6.07, 6.45) is 0. The van der Waals surface area contributed by atoms with Gasteiger partial charge in [0.2, 0.25) is 5.78 Å². The van der Waals surface area contributed by atoms with Crippen molar-refractivity contribution in [2.24, 2.45) is 0 Å². The van der Waals surface area contributed by atoms with E-state index < -0.39 is 0 Å². The number of nitrogens with zero attached hydrogens (tertiary/aromatic N) is 5. The van der Waals surface area contributed by atoms with E-state index in [2.05, 4.69) is 21.7 Å². The molecule has 6 heteroatoms. The van der Waals surface area contributed by atoms with Crippen LogP contribution >= 0.6 is 0 Å². The fraction of sp³-hybridized carbons (Fsp3) is 0.353. The molecule has 23 heavy (non-hydrogen) atoms. The Morgan fingerprint density at radius 2 is 2.04 bits per heavy atom. The zero-order valence-corrected chi connectivity index (χ0v) is 13.8. The second-order valence-corrected chi connectivity index (χ2v) is 5.95. The van der Waals surface area contributed by atoms with Gasteiger partial charge in [-0.05, 0) is 33.0 Å². The van der Waals surface area contributed by atoms with E-state index >= 15 is 0 Å². The number of aromatic nitrogens is 4. The van der Waals surface area contributed by atoms with Crippen LogP contribution in [-0.2, 0) is 13.1 Å². The minimum atomic E-state index is -0.0233. The molecule has 0 atom stereocenters. The van der Waals surface area contributed by atoms with Gasteiger partial charge in [-0.15, -0.1) is 10.2 Å². The van der Waals surface area contributed by atoms with Crippen molar-refractivity contribution >= 4 is 16.7 Å². The number of benzene rings is 1. The summed E-state index contributed by atoms with van der Waals surface area (Å²) in [7, 11) is 2.02. The topological polar surface area (TPSA) is 55.4 Å². The molecule has 3 aromatic rings. The van der Waals surface area contributed by atoms with Crippen molar-refractivity contribution in [3.63, 3.8) is 0 Å². The quantitative estimate of drug-likeness (QED) is 0.677. The Bertz CT molecular complexity index is 937. The van der Waals surface area contributed by atoms with Gasteiger partial charge < -0.3 is 0 Å². The van der Waals surface area contributed by atoms with E-state index in [9.17, 15) is 4.79 Å². The van der Waals surface area contributed by atoms with Crippen molar-refractivity contribution in [1.82, 2.24) is 24.1 Å². The van der Waals surface area contributed by atoms with Crippen LogP contribution in [-0.4, -0.2) is 37.7 Å². The van der Waals surface area contributed by atoms with Gasteiger partial charge in [0, 0.05) is 13.1 Å². The number of fused-ring (bicyclic) bond motifs is 3. The van der Waals surface area contributed by atoms with Gasteiger partial charge in [0.1, 0.15) is 0 Å². The van der Waals surface area contributed by atoms with E-state index in [1.165, 1.54) is 0 Å². The molecule has 0 N–H and O–H groups in total. The Morgan fingerprint density at radius 1 is 1.30 bits per heavy atom. The SMILES string of the molecule is C=C(C)CN(C)Cc1nnc2n(CC)c(=O)c3ccccc3n12. The summed E-state index contributed by atoms with van der Waals surface area (Å²) in [5, 5.41) is 9.27. The van der Waals surface area contributed by atoms with E-state index in [-0.39, 0.29) is 5.56 Å². The van der Waals surface area contributed by atoms with Crippen LogP contribution in [0.5, 0.6) is 0 Å². The molecule has 0 saturated carbocycles. The summed E-state index contributed by atoms with van der Waals surface area (Å²) in [6, 6.07) is 7.60. The molecule has 0 radical (unpaired) electrons. The van der Waals surface area contributed by atoms with Gasteiger partial charge >= 0.3 is 0 Å². The van der Waals surface area contributed by atoms with Crippen molar-refractivity contribution in [2.75, 3.05) is 13.6 Å². The first-order valence-corrected chi connectivity index (χ1v) is 7.71. The Labute approximate surface area is 134 Å². The number of hydrogen-bond acceptors (Lipinski definition) is 4. The van der Waals surface area contributed by atoms with E-state index in [1.807, 2.05) is 49.6 Å². The molecule has 2 heterocycles. The molecule has 0 aliphatic carbocycles. The van der Waals surface area contributed by atoms with Crippen LogP contribution in [0.1, 0.15) is 19.7 Å². The number of para-hydroxylation sites is 1. The summed E-state index contributed by atoms with van der Waals surface area (Å²) < 4.78 is 3.65. The molecule has 1 aromatic carbocycles. The number of likely N-dealkylation sites (N-methyl/N-ethyl adjacent to an activating group) is 1. The minimum Gasteiger partial charge on any atom is -0.295 e. The van der Waals surface area contributed by atoms with E-state index in [0.29, 0.717) is 24.3 Å². The first kappa shape index (κ1) is 15.4. The maximum atomic E-state index is 12.6. The van der Waals surface area contributed by atoms with E-state index in [0.717, 1.165) is 23.5 Å². The zero-order chi connectivity index (χ0) is 16.6. The third-order valence-electron chi connectivity index (χ3n) is 3.84. The van der Waals surface area contributed by atoms with Crippen LogP contribution in [0.3, 0.4) is 0 Å². The van der Waals surface area contributed by atoms with Gasteiger partial charge in [0.15, 0.2) is 5.82 Å². The van der Waals surface area contributed by atoms with Crippen molar-refractivity contribution in [2.45, 2.75) is 26.9 Å². The first-order chi connectivity index (χ1) is 11.0. The Morgan fingerprint density at radius 3 is 2.74 bits per heavy atom. The molecule has 6 nitrogen and oxygen atoms in total. The summed E-state index contributed by atoms with van der Waals surface area (Å²) >= 11 is 0. The van der Waals surface area contributed by atoms with Crippen molar-refractivity contribution in [3.05, 3.63) is 52.6 Å². The molecule has 0 spiro atoms. The molecule has 2 aromatic heterocycles. The summed E-state index contributed by atoms with van der Waals surface area (Å²) in [4.78, 5) is 14.7. The Kier molecular flexibility index (Phi) is 4.00. The van der Waals surface area contributed by atoms with Gasteiger partial charge in [-0.2, -0.15) is 0 Å². The third kappa shape index (κ3) is 2.66. The molecule has 3 rings (SSSR count). The van der Waals surface area contributed by atoms with Crippen LogP contribution < -0.4 is 5.56 Å². The molecule has 120 valence electrons. The van der Waals surface area contributed by atoms with Crippen LogP contribution in [0.15, 0.2) is 41.2 Å². The second kappa shape index (κ2) is 5.96. The highest BCUT2D eigenvalue weighted by Crippen LogP contribution is 2.15. The average molecular weight is 311 g/mol. The molecule has 0 aliphatic heterocycles. The molecule has 0 saturated heterocycles. The van der Waals surface area contributed by atoms with Crippen molar-refractivity contribution < 1.29 is 0 Å². The van der Waals surface area contributed by atoms with Gasteiger partial charge in [0.25, 0.3) is 5.56 Å². The predicted octanol–water partition coefficient (Wildman–Crippen LogP) is 2.07. The van der Waals surface area contributed by atoms with Crippen LogP contribution in [0.25, 0.3) is 16.7 Å². The molecule has 0 unspecified atom stereocenters. The molecular formula is C17H21N5O. The summed E-state index contributed by atoms with van der Waals surface area (Å²) in [5.74, 6) is 1.41. The maximum absolute atomic E-state index is 12.6. The van der Waals surface area contributed by atoms with Gasteiger partial charge in [-0.25, -0.2) is 0 Å². The van der Waals surface area contributed by atoms with E-state index in [1.54, 1.807) is 4.57 Å². The Balaban J connectivity index is 2.24. The standard InChI is InChI=1S/C17H21N5O/c1-5-21-16(23)13-8-6-7-9-14(13)22-15(18-19-17(21)22)11-20(4)10-12(2)3/h6-9H,2,5,10-11H2,1,3-4H3. The number of rotatable bonds is 5. The summed E-state index contributed by atoms with van der Waals surface area (Å²) in [6.45, 7) is 9.88. The van der Waals surface area contributed by atoms with Crippen molar-refractivity contribution in [1.29, 1.82) is 0 Å². The number of aryl methyl sites for hydroxylation is 1. The van der Waals surface area contributed by atoms with Crippen molar-refractivity contribution in [3.8, 4) is 0 Å². The first-order valence-electron chi connectivity index (χ1n) is 7.71. The highest BCUT2D eigenvalue weighted by Gasteiger charge is 2.16. The Hall–Kier alpha value is -2.47. The fourth-order valence-electron chi connectivity index (χ4n) is 2.96. The van der Waals surface area contributed by atoms with E-state index in [4.69, 9.17) is 0 Å². The number of hydrogen-bond donors (Lipinski definition) is 0. The molecule has 0 amide bonds. The lowest BCUT2D eigenvalue weighted by molar-refractivity contribution is 0.345. The molecule has 0 aliphatic rings. The van der Waals surface area contributed by atoms with Gasteiger partial charge in [0.05, 0.1) is 17.4 Å². The largest absolute Gasteiger partial charge is 0.295 e. The summed E-state index contributed by atoms with van der Waals surface area (Å²) in [5.41, 5.74) is 1.92. The predicted molar refractivity (Wildman–Crippen MR) is 91.6 cm³/mol. The van der Waals surface area contributed by atoms with Crippen LogP contribution in [0.4, 0.5) is 0 Å². The second-order valence-electron chi connectivity index (χ2n) is 5.95. The smallest absolute Gasteiger partial charge is 0.262 e. The van der Waals surface area contributed by atoms with Gasteiger partial charge in [-0.3, -0.25) is 18.7 Å². The normalized spacial score (nSPS) is 11.7. The average Bonchev–Trinajstić information content (AvgIpc) is 2.90. The van der Waals surface area contributed by atoms with Crippen LogP contribution in [0, 0.1) is 0 Å². The molecule has 0 bridgehead atoms.